The van der Waals surface area contributed by atoms with Crippen molar-refractivity contribution in [3.05, 3.63) is 59.0 Å². The highest BCUT2D eigenvalue weighted by atomic mass is 16.3. The highest BCUT2D eigenvalue weighted by Gasteiger charge is 2.14. The number of rotatable bonds is 7. The van der Waals surface area contributed by atoms with E-state index < -0.39 is 0 Å². The molecule has 0 aliphatic carbocycles. The molecule has 0 fully saturated rings. The van der Waals surface area contributed by atoms with Crippen molar-refractivity contribution in [3.8, 4) is 0 Å². The number of nitrogens with one attached hydrogen (secondary N) is 1. The largest absolute Gasteiger partial charge is 0.463 e. The molecule has 0 atom stereocenters. The number of benzene rings is 1. The average molecular weight is 286 g/mol. The normalized spacial score (nSPS) is 11.5. The van der Waals surface area contributed by atoms with Crippen LogP contribution >= 0.6 is 0 Å². The van der Waals surface area contributed by atoms with E-state index in [1.807, 2.05) is 7.05 Å². The van der Waals surface area contributed by atoms with Crippen LogP contribution in [0.4, 0.5) is 0 Å². The lowest BCUT2D eigenvalue weighted by Crippen LogP contribution is -2.29. The molecule has 1 aromatic carbocycles. The molecule has 0 aliphatic rings. The van der Waals surface area contributed by atoms with Gasteiger partial charge in [-0.05, 0) is 45.0 Å². The van der Waals surface area contributed by atoms with Crippen molar-refractivity contribution < 1.29 is 4.42 Å². The minimum absolute atomic E-state index is 0.475. The molecule has 3 nitrogen and oxygen atoms in total. The summed E-state index contributed by atoms with van der Waals surface area (Å²) < 4.78 is 5.97. The fourth-order valence-electron chi connectivity index (χ4n) is 2.44. The summed E-state index contributed by atoms with van der Waals surface area (Å²) in [5.41, 5.74) is 2.56. The van der Waals surface area contributed by atoms with Gasteiger partial charge in [0.05, 0.1) is 13.1 Å². The van der Waals surface area contributed by atoms with E-state index in [0.717, 1.165) is 31.2 Å². The Hall–Kier alpha value is -1.58. The molecule has 0 spiro atoms. The Kier molecular flexibility index (Phi) is 5.59. The molecule has 2 rings (SSSR count). The molecule has 0 saturated heterocycles. The molecular formula is C18H26N2O. The maximum atomic E-state index is 5.97. The van der Waals surface area contributed by atoms with Gasteiger partial charge in [0.1, 0.15) is 11.5 Å². The topological polar surface area (TPSA) is 28.4 Å². The van der Waals surface area contributed by atoms with Gasteiger partial charge < -0.3 is 9.73 Å². The Morgan fingerprint density at radius 3 is 2.48 bits per heavy atom. The zero-order valence-corrected chi connectivity index (χ0v) is 13.5. The maximum absolute atomic E-state index is 5.97. The highest BCUT2D eigenvalue weighted by Crippen LogP contribution is 2.19. The monoisotopic (exact) mass is 286 g/mol. The number of furan rings is 1. The summed E-state index contributed by atoms with van der Waals surface area (Å²) in [6, 6.07) is 13.2. The van der Waals surface area contributed by atoms with Crippen LogP contribution in [0, 0.1) is 6.92 Å². The lowest BCUT2D eigenvalue weighted by atomic mass is 10.2. The molecule has 3 heteroatoms. The lowest BCUT2D eigenvalue weighted by molar-refractivity contribution is 0.186. The zero-order valence-electron chi connectivity index (χ0n) is 13.5. The molecule has 2 aromatic rings. The van der Waals surface area contributed by atoms with Gasteiger partial charge in [-0.15, -0.1) is 0 Å². The molecular weight excluding hydrogens is 260 g/mol. The molecule has 0 amide bonds. The molecule has 0 saturated carbocycles. The van der Waals surface area contributed by atoms with Gasteiger partial charge in [-0.25, -0.2) is 0 Å². The highest BCUT2D eigenvalue weighted by molar-refractivity contribution is 5.20. The van der Waals surface area contributed by atoms with E-state index >= 15 is 0 Å². The minimum Gasteiger partial charge on any atom is -0.463 e. The first-order valence-corrected chi connectivity index (χ1v) is 7.61. The van der Waals surface area contributed by atoms with Gasteiger partial charge in [0.25, 0.3) is 0 Å². The Morgan fingerprint density at radius 2 is 1.86 bits per heavy atom. The third-order valence-electron chi connectivity index (χ3n) is 3.73. The quantitative estimate of drug-likeness (QED) is 0.841. The van der Waals surface area contributed by atoms with Crippen molar-refractivity contribution in [3.63, 3.8) is 0 Å². The van der Waals surface area contributed by atoms with Gasteiger partial charge in [0.2, 0.25) is 0 Å². The van der Waals surface area contributed by atoms with Gasteiger partial charge in [-0.1, -0.05) is 30.3 Å². The second-order valence-corrected chi connectivity index (χ2v) is 5.83. The Balaban J connectivity index is 2.07. The molecule has 0 bridgehead atoms. The number of aryl methyl sites for hydroxylation is 1. The van der Waals surface area contributed by atoms with Crippen LogP contribution in [-0.2, 0) is 19.6 Å². The summed E-state index contributed by atoms with van der Waals surface area (Å²) in [4.78, 5) is 2.43. The van der Waals surface area contributed by atoms with Crippen LogP contribution in [-0.4, -0.2) is 18.0 Å². The fraction of sp³-hybridized carbons (Fsp3) is 0.444. The summed E-state index contributed by atoms with van der Waals surface area (Å²) in [7, 11) is 1.94. The van der Waals surface area contributed by atoms with Crippen LogP contribution < -0.4 is 5.32 Å². The number of nitrogens with zero attached hydrogens (tertiary/aromatic N) is 1. The van der Waals surface area contributed by atoms with E-state index in [-0.39, 0.29) is 0 Å². The van der Waals surface area contributed by atoms with Crippen LogP contribution in [0.3, 0.4) is 0 Å². The molecule has 1 aromatic heterocycles. The summed E-state index contributed by atoms with van der Waals surface area (Å²) in [5.74, 6) is 2.08. The van der Waals surface area contributed by atoms with E-state index in [9.17, 15) is 0 Å². The van der Waals surface area contributed by atoms with E-state index in [2.05, 4.69) is 67.4 Å². The van der Waals surface area contributed by atoms with Crippen molar-refractivity contribution in [1.29, 1.82) is 0 Å². The molecule has 114 valence electrons. The van der Waals surface area contributed by atoms with Crippen molar-refractivity contribution in [2.75, 3.05) is 7.05 Å². The van der Waals surface area contributed by atoms with E-state index in [1.165, 1.54) is 11.1 Å². The third kappa shape index (κ3) is 4.45. The Bertz CT molecular complexity index is 546. The molecule has 0 radical (unpaired) electrons. The summed E-state index contributed by atoms with van der Waals surface area (Å²) in [6.07, 6.45) is 0. The van der Waals surface area contributed by atoms with Crippen molar-refractivity contribution in [1.82, 2.24) is 10.2 Å². The van der Waals surface area contributed by atoms with E-state index in [4.69, 9.17) is 4.42 Å². The zero-order chi connectivity index (χ0) is 15.2. The fourth-order valence-corrected chi connectivity index (χ4v) is 2.44. The molecule has 1 N–H and O–H groups in total. The summed E-state index contributed by atoms with van der Waals surface area (Å²) >= 11 is 0. The predicted molar refractivity (Wildman–Crippen MR) is 87.0 cm³/mol. The van der Waals surface area contributed by atoms with Gasteiger partial charge in [0.15, 0.2) is 0 Å². The first-order valence-electron chi connectivity index (χ1n) is 7.61. The van der Waals surface area contributed by atoms with Gasteiger partial charge in [0, 0.05) is 12.6 Å². The van der Waals surface area contributed by atoms with E-state index in [0.29, 0.717) is 6.04 Å². The van der Waals surface area contributed by atoms with Gasteiger partial charge in [-0.2, -0.15) is 0 Å². The number of hydrogen-bond acceptors (Lipinski definition) is 3. The predicted octanol–water partition coefficient (Wildman–Crippen LogP) is 3.72. The first-order chi connectivity index (χ1) is 10.1. The van der Waals surface area contributed by atoms with Crippen LogP contribution in [0.5, 0.6) is 0 Å². The molecule has 1 heterocycles. The average Bonchev–Trinajstić information content (AvgIpc) is 2.80. The van der Waals surface area contributed by atoms with Crippen LogP contribution in [0.1, 0.15) is 36.5 Å². The lowest BCUT2D eigenvalue weighted by Gasteiger charge is -2.25. The maximum Gasteiger partial charge on any atom is 0.120 e. The van der Waals surface area contributed by atoms with Crippen LogP contribution in [0.2, 0.25) is 0 Å². The molecule has 21 heavy (non-hydrogen) atoms. The first kappa shape index (κ1) is 15.8. The van der Waals surface area contributed by atoms with Crippen LogP contribution in [0.15, 0.2) is 40.8 Å². The SMILES string of the molecule is CNCc1oc(CN(Cc2ccccc2)C(C)C)cc1C. The van der Waals surface area contributed by atoms with Crippen molar-refractivity contribution in [2.45, 2.75) is 46.4 Å². The van der Waals surface area contributed by atoms with Gasteiger partial charge in [-0.3, -0.25) is 4.90 Å². The Labute approximate surface area is 128 Å². The standard InChI is InChI=1S/C18H26N2O/c1-14(2)20(12-16-8-6-5-7-9-16)13-17-10-15(3)18(21-17)11-19-4/h5-10,14,19H,11-13H2,1-4H3. The molecule has 0 aliphatic heterocycles. The van der Waals surface area contributed by atoms with E-state index in [1.54, 1.807) is 0 Å². The van der Waals surface area contributed by atoms with Crippen molar-refractivity contribution in [2.24, 2.45) is 0 Å². The second kappa shape index (κ2) is 7.43. The summed E-state index contributed by atoms with van der Waals surface area (Å²) in [6.45, 7) is 9.14. The minimum atomic E-state index is 0.475. The Morgan fingerprint density at radius 1 is 1.14 bits per heavy atom. The van der Waals surface area contributed by atoms with Crippen LogP contribution in [0.25, 0.3) is 0 Å². The van der Waals surface area contributed by atoms with Gasteiger partial charge >= 0.3 is 0 Å². The molecule has 0 unspecified atom stereocenters. The number of hydrogen-bond donors (Lipinski definition) is 1. The van der Waals surface area contributed by atoms with Crippen molar-refractivity contribution >= 4 is 0 Å². The summed E-state index contributed by atoms with van der Waals surface area (Å²) in [5, 5.41) is 3.15. The third-order valence-corrected chi connectivity index (χ3v) is 3.73. The smallest absolute Gasteiger partial charge is 0.120 e. The second-order valence-electron chi connectivity index (χ2n) is 5.83.